The Bertz CT molecular complexity index is 346. The molecule has 1 aromatic rings. The van der Waals surface area contributed by atoms with Crippen LogP contribution < -0.4 is 5.32 Å². The molecule has 1 heteroatoms. The van der Waals surface area contributed by atoms with Crippen LogP contribution in [0.3, 0.4) is 0 Å². The average molecular weight is 215 g/mol. The SMILES string of the molecule is Cc1ccc(CC(NC2CC2)C2CC2)cc1. The number of rotatable bonds is 5. The lowest BCUT2D eigenvalue weighted by molar-refractivity contribution is 0.456. The highest BCUT2D eigenvalue weighted by atomic mass is 15.0. The first-order chi connectivity index (χ1) is 7.81. The molecule has 0 spiro atoms. The molecule has 1 N–H and O–H groups in total. The molecule has 1 atom stereocenters. The average Bonchev–Trinajstić information content (AvgIpc) is 3.14. The quantitative estimate of drug-likeness (QED) is 0.796. The van der Waals surface area contributed by atoms with Gasteiger partial charge in [-0.2, -0.15) is 0 Å². The summed E-state index contributed by atoms with van der Waals surface area (Å²) in [5.41, 5.74) is 2.86. The maximum absolute atomic E-state index is 3.82. The molecule has 0 amide bonds. The minimum atomic E-state index is 0.746. The zero-order valence-corrected chi connectivity index (χ0v) is 10.1. The Morgan fingerprint density at radius 3 is 2.38 bits per heavy atom. The summed E-state index contributed by atoms with van der Waals surface area (Å²) in [6, 6.07) is 10.6. The van der Waals surface area contributed by atoms with Gasteiger partial charge in [-0.1, -0.05) is 29.8 Å². The van der Waals surface area contributed by atoms with Gasteiger partial charge in [-0.15, -0.1) is 0 Å². The van der Waals surface area contributed by atoms with Crippen LogP contribution in [0.1, 0.15) is 36.8 Å². The van der Waals surface area contributed by atoms with E-state index in [9.17, 15) is 0 Å². The van der Waals surface area contributed by atoms with E-state index in [2.05, 4.69) is 36.5 Å². The molecule has 0 heterocycles. The maximum atomic E-state index is 3.82. The highest BCUT2D eigenvalue weighted by Crippen LogP contribution is 2.36. The Labute approximate surface area is 98.3 Å². The smallest absolute Gasteiger partial charge is 0.0138 e. The van der Waals surface area contributed by atoms with Gasteiger partial charge >= 0.3 is 0 Å². The van der Waals surface area contributed by atoms with E-state index in [0.29, 0.717) is 0 Å². The third-order valence-electron chi connectivity index (χ3n) is 3.79. The number of nitrogens with one attached hydrogen (secondary N) is 1. The van der Waals surface area contributed by atoms with Crippen LogP contribution in [-0.2, 0) is 6.42 Å². The molecular weight excluding hydrogens is 194 g/mol. The highest BCUT2D eigenvalue weighted by Gasteiger charge is 2.34. The molecule has 1 aromatic carbocycles. The zero-order chi connectivity index (χ0) is 11.0. The first-order valence-corrected chi connectivity index (χ1v) is 6.63. The molecule has 86 valence electrons. The van der Waals surface area contributed by atoms with Gasteiger partial charge in [0.1, 0.15) is 0 Å². The molecule has 1 unspecified atom stereocenters. The molecule has 16 heavy (non-hydrogen) atoms. The third-order valence-corrected chi connectivity index (χ3v) is 3.79. The molecule has 0 aliphatic heterocycles. The van der Waals surface area contributed by atoms with E-state index in [0.717, 1.165) is 18.0 Å². The summed E-state index contributed by atoms with van der Waals surface area (Å²) in [6.07, 6.45) is 6.90. The Kier molecular flexibility index (Phi) is 2.72. The van der Waals surface area contributed by atoms with Crippen LogP contribution in [0.15, 0.2) is 24.3 Å². The molecule has 2 fully saturated rings. The van der Waals surface area contributed by atoms with Gasteiger partial charge in [0.2, 0.25) is 0 Å². The summed E-state index contributed by atoms with van der Waals surface area (Å²) >= 11 is 0. The molecule has 2 saturated carbocycles. The van der Waals surface area contributed by atoms with Gasteiger partial charge in [-0.05, 0) is 50.5 Å². The maximum Gasteiger partial charge on any atom is 0.0138 e. The number of aryl methyl sites for hydroxylation is 1. The molecule has 0 aromatic heterocycles. The standard InChI is InChI=1S/C15H21N/c1-11-2-4-12(5-3-11)10-15(13-6-7-13)16-14-8-9-14/h2-5,13-16H,6-10H2,1H3. The Hall–Kier alpha value is -0.820. The van der Waals surface area contributed by atoms with E-state index in [4.69, 9.17) is 0 Å². The molecular formula is C15H21N. The topological polar surface area (TPSA) is 12.0 Å². The van der Waals surface area contributed by atoms with Crippen molar-refractivity contribution in [2.24, 2.45) is 5.92 Å². The molecule has 0 bridgehead atoms. The van der Waals surface area contributed by atoms with Gasteiger partial charge in [-0.3, -0.25) is 0 Å². The van der Waals surface area contributed by atoms with Crippen LogP contribution in [0, 0.1) is 12.8 Å². The predicted molar refractivity (Wildman–Crippen MR) is 67.6 cm³/mol. The summed E-state index contributed by atoms with van der Waals surface area (Å²) in [5, 5.41) is 3.82. The second-order valence-electron chi connectivity index (χ2n) is 5.57. The lowest BCUT2D eigenvalue weighted by Crippen LogP contribution is -2.34. The van der Waals surface area contributed by atoms with Crippen LogP contribution in [0.5, 0.6) is 0 Å². The van der Waals surface area contributed by atoms with Crippen LogP contribution in [0.4, 0.5) is 0 Å². The van der Waals surface area contributed by atoms with Crippen molar-refractivity contribution in [1.29, 1.82) is 0 Å². The lowest BCUT2D eigenvalue weighted by Gasteiger charge is -2.18. The van der Waals surface area contributed by atoms with Crippen molar-refractivity contribution in [3.63, 3.8) is 0 Å². The van der Waals surface area contributed by atoms with Crippen molar-refractivity contribution < 1.29 is 0 Å². The highest BCUT2D eigenvalue weighted by molar-refractivity contribution is 5.22. The van der Waals surface area contributed by atoms with Gasteiger partial charge in [0.25, 0.3) is 0 Å². The second-order valence-corrected chi connectivity index (χ2v) is 5.57. The van der Waals surface area contributed by atoms with Crippen LogP contribution in [0.25, 0.3) is 0 Å². The minimum Gasteiger partial charge on any atom is -0.311 e. The monoisotopic (exact) mass is 215 g/mol. The Morgan fingerprint density at radius 2 is 1.81 bits per heavy atom. The van der Waals surface area contributed by atoms with E-state index in [1.54, 1.807) is 0 Å². The largest absolute Gasteiger partial charge is 0.311 e. The lowest BCUT2D eigenvalue weighted by atomic mass is 10.0. The fraction of sp³-hybridized carbons (Fsp3) is 0.600. The normalized spacial score (nSPS) is 22.1. The van der Waals surface area contributed by atoms with Gasteiger partial charge in [-0.25, -0.2) is 0 Å². The summed E-state index contributed by atoms with van der Waals surface area (Å²) in [6.45, 7) is 2.16. The number of hydrogen-bond acceptors (Lipinski definition) is 1. The number of hydrogen-bond donors (Lipinski definition) is 1. The number of benzene rings is 1. The predicted octanol–water partition coefficient (Wildman–Crippen LogP) is 3.07. The van der Waals surface area contributed by atoms with Crippen molar-refractivity contribution >= 4 is 0 Å². The zero-order valence-electron chi connectivity index (χ0n) is 10.1. The second kappa shape index (κ2) is 4.21. The third kappa shape index (κ3) is 2.65. The molecule has 1 nitrogen and oxygen atoms in total. The van der Waals surface area contributed by atoms with Crippen LogP contribution >= 0.6 is 0 Å². The van der Waals surface area contributed by atoms with Crippen molar-refractivity contribution in [3.05, 3.63) is 35.4 Å². The molecule has 0 saturated heterocycles. The van der Waals surface area contributed by atoms with Gasteiger partial charge in [0.05, 0.1) is 0 Å². The Balaban J connectivity index is 1.63. The molecule has 2 aliphatic carbocycles. The van der Waals surface area contributed by atoms with E-state index in [1.165, 1.54) is 43.2 Å². The minimum absolute atomic E-state index is 0.746. The molecule has 3 rings (SSSR count). The fourth-order valence-corrected chi connectivity index (χ4v) is 2.39. The van der Waals surface area contributed by atoms with E-state index >= 15 is 0 Å². The van der Waals surface area contributed by atoms with Crippen molar-refractivity contribution in [2.45, 2.75) is 51.1 Å². The van der Waals surface area contributed by atoms with Gasteiger partial charge in [0, 0.05) is 12.1 Å². The van der Waals surface area contributed by atoms with E-state index in [-0.39, 0.29) is 0 Å². The summed E-state index contributed by atoms with van der Waals surface area (Å²) in [4.78, 5) is 0. The fourth-order valence-electron chi connectivity index (χ4n) is 2.39. The molecule has 2 aliphatic rings. The van der Waals surface area contributed by atoms with E-state index in [1.807, 2.05) is 0 Å². The first kappa shape index (κ1) is 10.3. The summed E-state index contributed by atoms with van der Waals surface area (Å²) < 4.78 is 0. The van der Waals surface area contributed by atoms with Gasteiger partial charge < -0.3 is 5.32 Å². The van der Waals surface area contributed by atoms with Crippen molar-refractivity contribution in [1.82, 2.24) is 5.32 Å². The van der Waals surface area contributed by atoms with Crippen molar-refractivity contribution in [3.8, 4) is 0 Å². The van der Waals surface area contributed by atoms with Crippen LogP contribution in [-0.4, -0.2) is 12.1 Å². The molecule has 0 radical (unpaired) electrons. The van der Waals surface area contributed by atoms with Gasteiger partial charge in [0.15, 0.2) is 0 Å². The van der Waals surface area contributed by atoms with E-state index < -0.39 is 0 Å². The summed E-state index contributed by atoms with van der Waals surface area (Å²) in [5.74, 6) is 0.960. The van der Waals surface area contributed by atoms with Crippen molar-refractivity contribution in [2.75, 3.05) is 0 Å². The van der Waals surface area contributed by atoms with Crippen LogP contribution in [0.2, 0.25) is 0 Å². The summed E-state index contributed by atoms with van der Waals surface area (Å²) in [7, 11) is 0. The first-order valence-electron chi connectivity index (χ1n) is 6.63. The Morgan fingerprint density at radius 1 is 1.12 bits per heavy atom.